The Morgan fingerprint density at radius 1 is 1.36 bits per heavy atom. The predicted molar refractivity (Wildman–Crippen MR) is 111 cm³/mol. The minimum atomic E-state index is 0.0578. The van der Waals surface area contributed by atoms with Crippen LogP contribution in [0.25, 0.3) is 5.82 Å². The van der Waals surface area contributed by atoms with Gasteiger partial charge in [-0.15, -0.1) is 6.58 Å². The fourth-order valence-corrected chi connectivity index (χ4v) is 3.68. The highest BCUT2D eigenvalue weighted by Crippen LogP contribution is 2.19. The van der Waals surface area contributed by atoms with Gasteiger partial charge in [0.15, 0.2) is 5.82 Å². The van der Waals surface area contributed by atoms with Crippen LogP contribution in [0.4, 0.5) is 0 Å². The van der Waals surface area contributed by atoms with Crippen LogP contribution in [0.1, 0.15) is 31.5 Å². The molecule has 2 aromatic heterocycles. The molecule has 1 aliphatic heterocycles. The summed E-state index contributed by atoms with van der Waals surface area (Å²) in [7, 11) is 4.40. The first-order valence-electron chi connectivity index (χ1n) is 10.1. The van der Waals surface area contributed by atoms with Crippen LogP contribution in [0.2, 0.25) is 0 Å². The lowest BCUT2D eigenvalue weighted by Gasteiger charge is -2.36. The van der Waals surface area contributed by atoms with E-state index in [-0.39, 0.29) is 6.10 Å². The summed E-state index contributed by atoms with van der Waals surface area (Å²) in [6, 6.07) is 4.34. The second kappa shape index (κ2) is 9.80. The number of hydrogen-bond donors (Lipinski definition) is 0. The maximum absolute atomic E-state index is 6.33. The second-order valence-corrected chi connectivity index (χ2v) is 7.64. The lowest BCUT2D eigenvalue weighted by molar-refractivity contribution is 0.0850. The van der Waals surface area contributed by atoms with Crippen LogP contribution in [-0.4, -0.2) is 75.4 Å². The first kappa shape index (κ1) is 20.5. The van der Waals surface area contributed by atoms with Crippen molar-refractivity contribution in [3.05, 3.63) is 43.0 Å². The van der Waals surface area contributed by atoms with E-state index in [1.165, 1.54) is 12.8 Å². The normalized spacial score (nSPS) is 17.0. The molecule has 0 amide bonds. The minimum absolute atomic E-state index is 0.0578. The maximum atomic E-state index is 6.33. The Morgan fingerprint density at radius 3 is 2.82 bits per heavy atom. The van der Waals surface area contributed by atoms with Gasteiger partial charge in [0.25, 0.3) is 0 Å². The first-order chi connectivity index (χ1) is 13.5. The zero-order valence-corrected chi connectivity index (χ0v) is 17.3. The van der Waals surface area contributed by atoms with Gasteiger partial charge in [0.2, 0.25) is 5.88 Å². The molecule has 7 nitrogen and oxygen atoms in total. The van der Waals surface area contributed by atoms with Crippen molar-refractivity contribution in [2.75, 3.05) is 33.7 Å². The minimum Gasteiger partial charge on any atom is -0.473 e. The summed E-state index contributed by atoms with van der Waals surface area (Å²) in [6.45, 7) is 8.94. The molecule has 0 unspecified atom stereocenters. The van der Waals surface area contributed by atoms with Crippen molar-refractivity contribution in [3.63, 3.8) is 0 Å². The van der Waals surface area contributed by atoms with E-state index in [9.17, 15) is 0 Å². The summed E-state index contributed by atoms with van der Waals surface area (Å²) in [6.07, 6.45) is 9.86. The molecule has 152 valence electrons. The van der Waals surface area contributed by atoms with Gasteiger partial charge >= 0.3 is 0 Å². The summed E-state index contributed by atoms with van der Waals surface area (Å²) >= 11 is 0. The van der Waals surface area contributed by atoms with E-state index in [1.807, 2.05) is 31.3 Å². The molecule has 1 aliphatic rings. The number of nitrogens with zero attached hydrogens (tertiary/aromatic N) is 6. The van der Waals surface area contributed by atoms with Crippen molar-refractivity contribution in [1.82, 2.24) is 29.5 Å². The molecule has 0 N–H and O–H groups in total. The molecule has 0 aromatic carbocycles. The molecule has 1 fully saturated rings. The van der Waals surface area contributed by atoms with Gasteiger partial charge in [-0.05, 0) is 65.9 Å². The maximum Gasteiger partial charge on any atom is 0.219 e. The Kier molecular flexibility index (Phi) is 7.17. The Balaban J connectivity index is 1.69. The zero-order valence-electron chi connectivity index (χ0n) is 17.3. The second-order valence-electron chi connectivity index (χ2n) is 7.64. The van der Waals surface area contributed by atoms with E-state index in [1.54, 1.807) is 10.9 Å². The van der Waals surface area contributed by atoms with Crippen LogP contribution in [-0.2, 0) is 0 Å². The van der Waals surface area contributed by atoms with E-state index in [2.05, 4.69) is 45.5 Å². The average molecular weight is 385 g/mol. The topological polar surface area (TPSA) is 59.3 Å². The number of piperidine rings is 1. The molecule has 0 spiro atoms. The van der Waals surface area contributed by atoms with Gasteiger partial charge in [-0.2, -0.15) is 10.1 Å². The van der Waals surface area contributed by atoms with Crippen LogP contribution < -0.4 is 4.74 Å². The summed E-state index contributed by atoms with van der Waals surface area (Å²) < 4.78 is 8.05. The zero-order chi connectivity index (χ0) is 19.9. The molecule has 1 saturated heterocycles. The number of allylic oxidation sites excluding steroid dienone is 1. The molecule has 7 heteroatoms. The predicted octanol–water partition coefficient (Wildman–Crippen LogP) is 2.71. The number of likely N-dealkylation sites (N-methyl/N-ethyl adjacent to an activating group) is 1. The Hall–Kier alpha value is -2.25. The molecule has 3 rings (SSSR count). The third-order valence-electron chi connectivity index (χ3n) is 5.32. The molecule has 0 bridgehead atoms. The Bertz CT molecular complexity index is 739. The van der Waals surface area contributed by atoms with Crippen molar-refractivity contribution < 1.29 is 4.74 Å². The summed E-state index contributed by atoms with van der Waals surface area (Å²) in [4.78, 5) is 13.8. The van der Waals surface area contributed by atoms with Gasteiger partial charge in [-0.25, -0.2) is 9.67 Å². The number of aromatic nitrogens is 4. The molecule has 28 heavy (non-hydrogen) atoms. The van der Waals surface area contributed by atoms with E-state index in [0.717, 1.165) is 38.3 Å². The van der Waals surface area contributed by atoms with Crippen molar-refractivity contribution >= 4 is 0 Å². The highest BCUT2D eigenvalue weighted by molar-refractivity contribution is 5.27. The SMILES string of the molecule is C=CCC[C@@H](CN(C)C1CCN(C)CC1)Oc1cc(-n2cccn2)nc(C)n1. The molecule has 0 radical (unpaired) electrons. The third-order valence-corrected chi connectivity index (χ3v) is 5.32. The summed E-state index contributed by atoms with van der Waals surface area (Å²) in [5.41, 5.74) is 0. The van der Waals surface area contributed by atoms with Gasteiger partial charge in [-0.1, -0.05) is 6.08 Å². The smallest absolute Gasteiger partial charge is 0.219 e. The van der Waals surface area contributed by atoms with Crippen LogP contribution in [0, 0.1) is 6.92 Å². The van der Waals surface area contributed by atoms with Crippen molar-refractivity contribution in [3.8, 4) is 11.7 Å². The number of ether oxygens (including phenoxy) is 1. The Morgan fingerprint density at radius 2 is 2.14 bits per heavy atom. The molecular weight excluding hydrogens is 352 g/mol. The van der Waals surface area contributed by atoms with E-state index in [0.29, 0.717) is 17.7 Å². The van der Waals surface area contributed by atoms with Gasteiger partial charge in [0, 0.05) is 31.0 Å². The molecule has 3 heterocycles. The van der Waals surface area contributed by atoms with Gasteiger partial charge in [0.1, 0.15) is 11.9 Å². The average Bonchev–Trinajstić information content (AvgIpc) is 3.21. The number of aryl methyl sites for hydroxylation is 1. The first-order valence-corrected chi connectivity index (χ1v) is 10.1. The van der Waals surface area contributed by atoms with Crippen LogP contribution in [0.3, 0.4) is 0 Å². The summed E-state index contributed by atoms with van der Waals surface area (Å²) in [5, 5.41) is 4.26. The van der Waals surface area contributed by atoms with Crippen LogP contribution in [0.15, 0.2) is 37.2 Å². The highest BCUT2D eigenvalue weighted by Gasteiger charge is 2.23. The number of likely N-dealkylation sites (tertiary alicyclic amines) is 1. The largest absolute Gasteiger partial charge is 0.473 e. The fourth-order valence-electron chi connectivity index (χ4n) is 3.68. The molecule has 1 atom stereocenters. The van der Waals surface area contributed by atoms with Crippen molar-refractivity contribution in [2.45, 2.75) is 44.8 Å². The molecule has 2 aromatic rings. The van der Waals surface area contributed by atoms with E-state index in [4.69, 9.17) is 4.74 Å². The standard InChI is InChI=1S/C21H32N6O/c1-5-6-8-19(16-26(4)18-9-13-25(3)14-10-18)28-21-15-20(23-17(2)24-21)27-12-7-11-22-27/h5,7,11-12,15,18-19H,1,6,8-10,13-14,16H2,2-4H3/t19-/m0/s1. The van der Waals surface area contributed by atoms with Gasteiger partial charge in [-0.3, -0.25) is 4.90 Å². The summed E-state index contributed by atoms with van der Waals surface area (Å²) in [5.74, 6) is 2.00. The van der Waals surface area contributed by atoms with Crippen LogP contribution in [0.5, 0.6) is 5.88 Å². The number of rotatable bonds is 9. The lowest BCUT2D eigenvalue weighted by atomic mass is 10.0. The Labute approximate surface area is 168 Å². The third kappa shape index (κ3) is 5.62. The van der Waals surface area contributed by atoms with Crippen molar-refractivity contribution in [2.24, 2.45) is 0 Å². The van der Waals surface area contributed by atoms with Crippen LogP contribution >= 0.6 is 0 Å². The fraction of sp³-hybridized carbons (Fsp3) is 0.571. The molecular formula is C21H32N6O. The van der Waals surface area contributed by atoms with E-state index < -0.39 is 0 Å². The molecule has 0 aliphatic carbocycles. The quantitative estimate of drug-likeness (QED) is 0.620. The highest BCUT2D eigenvalue weighted by atomic mass is 16.5. The van der Waals surface area contributed by atoms with E-state index >= 15 is 0 Å². The monoisotopic (exact) mass is 384 g/mol. The van der Waals surface area contributed by atoms with Gasteiger partial charge < -0.3 is 9.64 Å². The molecule has 0 saturated carbocycles. The van der Waals surface area contributed by atoms with Crippen molar-refractivity contribution in [1.29, 1.82) is 0 Å². The lowest BCUT2D eigenvalue weighted by Crippen LogP contribution is -2.45. The number of hydrogen-bond acceptors (Lipinski definition) is 6. The van der Waals surface area contributed by atoms with Gasteiger partial charge in [0.05, 0.1) is 0 Å².